The van der Waals surface area contributed by atoms with Crippen molar-refractivity contribution in [3.05, 3.63) is 121 Å². The van der Waals surface area contributed by atoms with Crippen molar-refractivity contribution in [2.75, 3.05) is 10.8 Å². The molecule has 10 heteroatoms. The van der Waals surface area contributed by atoms with Crippen LogP contribution in [0.2, 0.25) is 0 Å². The van der Waals surface area contributed by atoms with Gasteiger partial charge in [-0.3, -0.25) is 9.11 Å². The van der Waals surface area contributed by atoms with Crippen LogP contribution in [0.25, 0.3) is 0 Å². The van der Waals surface area contributed by atoms with Crippen molar-refractivity contribution in [1.29, 1.82) is 0 Å². The summed E-state index contributed by atoms with van der Waals surface area (Å²) >= 11 is 0. The predicted octanol–water partition coefficient (Wildman–Crippen LogP) is 1.45. The summed E-state index contributed by atoms with van der Waals surface area (Å²) in [6, 6.07) is 36.0. The maximum Gasteiger partial charge on any atom is 0.262 e. The van der Waals surface area contributed by atoms with Crippen molar-refractivity contribution in [2.45, 2.75) is 0 Å². The van der Waals surface area contributed by atoms with E-state index in [9.17, 15) is 25.9 Å². The Morgan fingerprint density at radius 1 is 0.417 bits per heavy atom. The monoisotopic (exact) mass is 554 g/mol. The average molecular weight is 555 g/mol. The van der Waals surface area contributed by atoms with Crippen LogP contribution in [0.5, 0.6) is 0 Å². The van der Waals surface area contributed by atoms with E-state index in [0.29, 0.717) is 20.7 Å². The fourth-order valence-corrected chi connectivity index (χ4v) is 35.7. The summed E-state index contributed by atoms with van der Waals surface area (Å²) in [6.45, 7) is 0. The summed E-state index contributed by atoms with van der Waals surface area (Å²) in [6.07, 6.45) is 0. The molecule has 0 amide bonds. The van der Waals surface area contributed by atoms with Gasteiger partial charge >= 0.3 is 0 Å². The fourth-order valence-electron chi connectivity index (χ4n) is 5.34. The summed E-state index contributed by atoms with van der Waals surface area (Å²) in [5.74, 6) is 0. The molecule has 0 saturated heterocycles. The molecule has 0 radical (unpaired) electrons. The standard InChI is InChI=1S/C26H26O6S2Si2/c27-33(28,29)21-35(23-13-5-1-6-14-23,24-15-7-2-8-16-24)36(22-34(30,31)32,25-17-9-3-10-18-25)26-19-11-4-12-20-26/h1-20H,21-22H2,(H,27,28,29)(H,30,31,32). The number of rotatable bonds is 9. The maximum atomic E-state index is 12.9. The van der Waals surface area contributed by atoms with E-state index in [1.165, 1.54) is 0 Å². The van der Waals surface area contributed by atoms with E-state index < -0.39 is 46.2 Å². The molecule has 0 unspecified atom stereocenters. The van der Waals surface area contributed by atoms with Crippen molar-refractivity contribution < 1.29 is 25.9 Å². The van der Waals surface area contributed by atoms with Gasteiger partial charge in [0, 0.05) is 0 Å². The van der Waals surface area contributed by atoms with Gasteiger partial charge in [-0.25, -0.2) is 0 Å². The van der Waals surface area contributed by atoms with Crippen LogP contribution < -0.4 is 20.7 Å². The molecule has 0 aliphatic carbocycles. The van der Waals surface area contributed by atoms with Gasteiger partial charge in [0.05, 0.1) is 10.8 Å². The second-order valence-electron chi connectivity index (χ2n) is 8.73. The minimum Gasteiger partial charge on any atom is -0.286 e. The first-order valence-corrected chi connectivity index (χ1v) is 19.8. The van der Waals surface area contributed by atoms with Gasteiger partial charge in [-0.05, 0) is 0 Å². The van der Waals surface area contributed by atoms with E-state index in [0.717, 1.165) is 0 Å². The zero-order chi connectivity index (χ0) is 25.9. The van der Waals surface area contributed by atoms with Gasteiger partial charge in [0.2, 0.25) is 0 Å². The average Bonchev–Trinajstić information content (AvgIpc) is 2.87. The van der Waals surface area contributed by atoms with Crippen molar-refractivity contribution >= 4 is 56.2 Å². The second kappa shape index (κ2) is 10.2. The highest BCUT2D eigenvalue weighted by Crippen LogP contribution is 2.25. The van der Waals surface area contributed by atoms with Crippen LogP contribution in [0.15, 0.2) is 121 Å². The van der Waals surface area contributed by atoms with Gasteiger partial charge in [0.25, 0.3) is 20.2 Å². The number of hydrogen-bond donors (Lipinski definition) is 2. The van der Waals surface area contributed by atoms with E-state index in [1.807, 2.05) is 48.5 Å². The van der Waals surface area contributed by atoms with Crippen LogP contribution >= 0.6 is 0 Å². The van der Waals surface area contributed by atoms with Gasteiger partial charge in [0.1, 0.15) is 15.2 Å². The highest BCUT2D eigenvalue weighted by Gasteiger charge is 2.62. The highest BCUT2D eigenvalue weighted by molar-refractivity contribution is 7.93. The molecule has 0 aliphatic rings. The van der Waals surface area contributed by atoms with E-state index in [-0.39, 0.29) is 0 Å². The van der Waals surface area contributed by atoms with Crippen molar-refractivity contribution in [1.82, 2.24) is 0 Å². The molecule has 186 valence electrons. The maximum absolute atomic E-state index is 12.9. The van der Waals surface area contributed by atoms with Crippen LogP contribution in [-0.4, -0.2) is 51.9 Å². The third-order valence-corrected chi connectivity index (χ3v) is 30.1. The Hall–Kier alpha value is -2.87. The molecular formula is C26H26O6S2Si2. The first-order chi connectivity index (χ1) is 17.1. The van der Waals surface area contributed by atoms with E-state index in [2.05, 4.69) is 0 Å². The smallest absolute Gasteiger partial charge is 0.262 e. The Kier molecular flexibility index (Phi) is 7.46. The number of benzene rings is 4. The first-order valence-electron chi connectivity index (χ1n) is 11.2. The molecule has 0 atom stereocenters. The molecule has 6 nitrogen and oxygen atoms in total. The minimum absolute atomic E-state index is 0.639. The summed E-state index contributed by atoms with van der Waals surface area (Å²) in [4.78, 5) is 0. The molecule has 2 N–H and O–H groups in total. The molecule has 0 heterocycles. The SMILES string of the molecule is O=S(=O)(O)C[Si](c1ccccc1)(c1ccccc1)[Si](CS(=O)(=O)O)(c1ccccc1)c1ccccc1. The Morgan fingerprint density at radius 3 is 0.778 bits per heavy atom. The lowest BCUT2D eigenvalue weighted by Gasteiger charge is -2.48. The zero-order valence-corrected chi connectivity index (χ0v) is 22.9. The van der Waals surface area contributed by atoms with E-state index in [4.69, 9.17) is 0 Å². The first kappa shape index (κ1) is 26.2. The van der Waals surface area contributed by atoms with Crippen LogP contribution in [-0.2, 0) is 20.2 Å². The summed E-state index contributed by atoms with van der Waals surface area (Å²) < 4.78 is 72.4. The Balaban J connectivity index is 2.33. The lowest BCUT2D eigenvalue weighted by molar-refractivity contribution is 0.485. The Labute approximate surface area is 213 Å². The zero-order valence-electron chi connectivity index (χ0n) is 19.3. The minimum atomic E-state index is -4.61. The van der Waals surface area contributed by atoms with Crippen molar-refractivity contribution in [3.63, 3.8) is 0 Å². The quantitative estimate of drug-likeness (QED) is 0.240. The van der Waals surface area contributed by atoms with Crippen LogP contribution in [0.1, 0.15) is 0 Å². The van der Waals surface area contributed by atoms with E-state index >= 15 is 0 Å². The van der Waals surface area contributed by atoms with Gasteiger partial charge in [-0.15, -0.1) is 0 Å². The molecule has 4 rings (SSSR count). The summed E-state index contributed by atoms with van der Waals surface area (Å²) in [5.41, 5.74) is 0. The third-order valence-electron chi connectivity index (χ3n) is 6.59. The molecule has 0 aromatic heterocycles. The number of hydrogen-bond acceptors (Lipinski definition) is 4. The van der Waals surface area contributed by atoms with Gasteiger partial charge < -0.3 is 0 Å². The molecule has 0 saturated carbocycles. The molecule has 0 aliphatic heterocycles. The molecule has 0 fully saturated rings. The lowest BCUT2D eigenvalue weighted by atomic mass is 10.4. The fraction of sp³-hybridized carbons (Fsp3) is 0.0769. The molecule has 0 bridgehead atoms. The topological polar surface area (TPSA) is 109 Å². The van der Waals surface area contributed by atoms with Crippen molar-refractivity contribution in [2.24, 2.45) is 0 Å². The largest absolute Gasteiger partial charge is 0.286 e. The predicted molar refractivity (Wildman–Crippen MR) is 149 cm³/mol. The van der Waals surface area contributed by atoms with Crippen LogP contribution in [0.4, 0.5) is 0 Å². The second-order valence-corrected chi connectivity index (χ2v) is 24.4. The molecule has 36 heavy (non-hydrogen) atoms. The summed E-state index contributed by atoms with van der Waals surface area (Å²) in [7, 11) is -16.8. The van der Waals surface area contributed by atoms with Crippen LogP contribution in [0, 0.1) is 0 Å². The van der Waals surface area contributed by atoms with Gasteiger partial charge in [-0.2, -0.15) is 16.8 Å². The van der Waals surface area contributed by atoms with E-state index in [1.54, 1.807) is 72.8 Å². The van der Waals surface area contributed by atoms with Crippen LogP contribution in [0.3, 0.4) is 0 Å². The third kappa shape index (κ3) is 5.14. The summed E-state index contributed by atoms with van der Waals surface area (Å²) in [5, 5.41) is 1.38. The Morgan fingerprint density at radius 2 is 0.611 bits per heavy atom. The van der Waals surface area contributed by atoms with Gasteiger partial charge in [0.15, 0.2) is 0 Å². The normalized spacial score (nSPS) is 12.8. The lowest BCUT2D eigenvalue weighted by Crippen LogP contribution is -2.90. The molecule has 4 aromatic rings. The Bertz CT molecular complexity index is 1320. The van der Waals surface area contributed by atoms with Crippen molar-refractivity contribution in [3.8, 4) is 0 Å². The van der Waals surface area contributed by atoms with Gasteiger partial charge in [-0.1, -0.05) is 142 Å². The molecule has 4 aromatic carbocycles. The molecule has 0 spiro atoms. The highest BCUT2D eigenvalue weighted by atomic mass is 32.2. The molecular weight excluding hydrogens is 529 g/mol.